The highest BCUT2D eigenvalue weighted by Gasteiger charge is 2.38. The van der Waals surface area contributed by atoms with Gasteiger partial charge in [0.2, 0.25) is 0 Å². The number of benzene rings is 1. The monoisotopic (exact) mass is 372 g/mol. The number of ketones is 2. The normalized spacial score (nSPS) is 24.3. The lowest BCUT2D eigenvalue weighted by atomic mass is 9.71. The maximum atomic E-state index is 12.9. The third-order valence-corrected chi connectivity index (χ3v) is 5.80. The lowest BCUT2D eigenvalue weighted by Gasteiger charge is -2.31. The third kappa shape index (κ3) is 4.19. The van der Waals surface area contributed by atoms with Crippen LogP contribution in [0.3, 0.4) is 0 Å². The maximum Gasteiger partial charge on any atom is 0.148 e. The highest BCUT2D eigenvalue weighted by Crippen LogP contribution is 2.37. The molecule has 1 aromatic rings. The first kappa shape index (κ1) is 19.1. The van der Waals surface area contributed by atoms with E-state index >= 15 is 0 Å². The van der Waals surface area contributed by atoms with E-state index in [4.69, 9.17) is 16.3 Å². The summed E-state index contributed by atoms with van der Waals surface area (Å²) in [6, 6.07) is 3.82. The van der Waals surface area contributed by atoms with E-state index in [2.05, 4.69) is 11.3 Å². The maximum absolute atomic E-state index is 12.9. The van der Waals surface area contributed by atoms with E-state index in [1.165, 1.54) is 0 Å². The molecule has 0 bridgehead atoms. The first-order valence-corrected chi connectivity index (χ1v) is 9.73. The van der Waals surface area contributed by atoms with Crippen molar-refractivity contribution in [2.75, 3.05) is 13.2 Å². The molecule has 1 aliphatic heterocycles. The minimum absolute atomic E-state index is 0.0701. The molecule has 0 atom stereocenters. The zero-order valence-electron chi connectivity index (χ0n) is 15.4. The topological polar surface area (TPSA) is 43.4 Å². The quantitative estimate of drug-likeness (QED) is 0.587. The molecule has 1 saturated heterocycles. The number of hydrogen-bond donors (Lipinski definition) is 0. The van der Waals surface area contributed by atoms with E-state index < -0.39 is 5.92 Å². The standard InChI is InChI=1S/C22H25ClO3/c1-14-9-17(3-6-23)10-15(2)21(14)22-19(24)12-18(13-20(22)25)11-16-4-7-26-8-5-16/h9-10,16,18,22H,4-5,7-8,11-13H2,1-2H3. The van der Waals surface area contributed by atoms with Gasteiger partial charge in [-0.1, -0.05) is 0 Å². The minimum Gasteiger partial charge on any atom is -0.381 e. The van der Waals surface area contributed by atoms with Crippen molar-refractivity contribution in [1.29, 1.82) is 0 Å². The summed E-state index contributed by atoms with van der Waals surface area (Å²) in [7, 11) is 0. The molecule has 0 N–H and O–H groups in total. The Morgan fingerprint density at radius 3 is 2.15 bits per heavy atom. The molecule has 0 unspecified atom stereocenters. The van der Waals surface area contributed by atoms with Crippen LogP contribution in [0.1, 0.15) is 60.3 Å². The largest absolute Gasteiger partial charge is 0.381 e. The first-order chi connectivity index (χ1) is 12.5. The summed E-state index contributed by atoms with van der Waals surface area (Å²) in [5, 5.41) is 2.38. The van der Waals surface area contributed by atoms with E-state index in [-0.39, 0.29) is 17.5 Å². The predicted molar refractivity (Wildman–Crippen MR) is 102 cm³/mol. The van der Waals surface area contributed by atoms with Crippen LogP contribution in [-0.4, -0.2) is 24.8 Å². The first-order valence-electron chi connectivity index (χ1n) is 9.35. The van der Waals surface area contributed by atoms with Gasteiger partial charge in [-0.25, -0.2) is 0 Å². The van der Waals surface area contributed by atoms with Gasteiger partial charge in [-0.15, -0.1) is 0 Å². The zero-order valence-corrected chi connectivity index (χ0v) is 16.2. The van der Waals surface area contributed by atoms with Crippen molar-refractivity contribution in [3.05, 3.63) is 34.4 Å². The predicted octanol–water partition coefficient (Wildman–Crippen LogP) is 4.30. The van der Waals surface area contributed by atoms with Crippen molar-refractivity contribution in [2.45, 2.75) is 51.9 Å². The van der Waals surface area contributed by atoms with Crippen LogP contribution in [0.5, 0.6) is 0 Å². The molecule has 3 rings (SSSR count). The summed E-state index contributed by atoms with van der Waals surface area (Å²) in [5.74, 6) is 3.13. The molecule has 2 fully saturated rings. The van der Waals surface area contributed by atoms with E-state index in [9.17, 15) is 9.59 Å². The number of hydrogen-bond acceptors (Lipinski definition) is 3. The van der Waals surface area contributed by atoms with Crippen LogP contribution in [0.4, 0.5) is 0 Å². The molecule has 1 saturated carbocycles. The Morgan fingerprint density at radius 2 is 1.62 bits per heavy atom. The van der Waals surface area contributed by atoms with Crippen molar-refractivity contribution in [1.82, 2.24) is 0 Å². The van der Waals surface area contributed by atoms with Gasteiger partial charge in [-0.2, -0.15) is 0 Å². The zero-order chi connectivity index (χ0) is 18.7. The van der Waals surface area contributed by atoms with Gasteiger partial charge in [0.05, 0.1) is 0 Å². The fourth-order valence-electron chi connectivity index (χ4n) is 4.56. The Kier molecular flexibility index (Phi) is 6.16. The third-order valence-electron chi connectivity index (χ3n) is 5.71. The lowest BCUT2D eigenvalue weighted by Crippen LogP contribution is -2.34. The molecule has 138 valence electrons. The Labute approximate surface area is 160 Å². The van der Waals surface area contributed by atoms with Crippen LogP contribution < -0.4 is 0 Å². The van der Waals surface area contributed by atoms with E-state index in [1.807, 2.05) is 26.0 Å². The molecule has 0 aromatic heterocycles. The molecule has 2 aliphatic rings. The average Bonchev–Trinajstić information content (AvgIpc) is 2.58. The number of aryl methyl sites for hydroxylation is 2. The fraction of sp³-hybridized carbons (Fsp3) is 0.545. The number of carbonyl (C=O) groups excluding carboxylic acids is 2. The summed E-state index contributed by atoms with van der Waals surface area (Å²) in [5.41, 5.74) is 3.56. The van der Waals surface area contributed by atoms with Crippen LogP contribution in [-0.2, 0) is 14.3 Å². The van der Waals surface area contributed by atoms with Crippen LogP contribution >= 0.6 is 11.6 Å². The molecule has 1 heterocycles. The van der Waals surface area contributed by atoms with Crippen LogP contribution in [0.2, 0.25) is 0 Å². The fourth-order valence-corrected chi connectivity index (χ4v) is 4.66. The van der Waals surface area contributed by atoms with Gasteiger partial charge in [0, 0.05) is 37.0 Å². The number of rotatable bonds is 3. The van der Waals surface area contributed by atoms with Gasteiger partial charge >= 0.3 is 0 Å². The second-order valence-corrected chi connectivity index (χ2v) is 7.86. The average molecular weight is 373 g/mol. The van der Waals surface area contributed by atoms with Crippen molar-refractivity contribution < 1.29 is 14.3 Å². The van der Waals surface area contributed by atoms with Gasteiger partial charge in [0.1, 0.15) is 17.5 Å². The summed E-state index contributed by atoms with van der Waals surface area (Å²) >= 11 is 5.49. The van der Waals surface area contributed by atoms with Gasteiger partial charge in [-0.05, 0) is 91.3 Å². The smallest absolute Gasteiger partial charge is 0.148 e. The summed E-state index contributed by atoms with van der Waals surface area (Å²) in [6.45, 7) is 5.49. The SMILES string of the molecule is Cc1cc(C#CCl)cc(C)c1C1C(=O)CC(CC2CCOCC2)CC1=O. The Morgan fingerprint density at radius 1 is 1.04 bits per heavy atom. The summed E-state index contributed by atoms with van der Waals surface area (Å²) in [4.78, 5) is 25.8. The number of Topliss-reactive ketones (excluding diaryl/α,β-unsaturated/α-hetero) is 2. The highest BCUT2D eigenvalue weighted by molar-refractivity contribution is 6.30. The summed E-state index contributed by atoms with van der Waals surface area (Å²) in [6.07, 6.45) is 4.08. The van der Waals surface area contributed by atoms with Gasteiger partial charge < -0.3 is 4.74 Å². The van der Waals surface area contributed by atoms with E-state index in [1.54, 1.807) is 0 Å². The minimum atomic E-state index is -0.612. The molecular weight excluding hydrogens is 348 g/mol. The molecule has 26 heavy (non-hydrogen) atoms. The Bertz CT molecular complexity index is 724. The number of ether oxygens (including phenoxy) is 1. The molecular formula is C22H25ClO3. The molecule has 1 aromatic carbocycles. The van der Waals surface area contributed by atoms with E-state index in [0.29, 0.717) is 18.8 Å². The number of carbonyl (C=O) groups is 2. The van der Waals surface area contributed by atoms with E-state index in [0.717, 1.165) is 54.7 Å². The second kappa shape index (κ2) is 8.37. The van der Waals surface area contributed by atoms with Gasteiger partial charge in [-0.3, -0.25) is 9.59 Å². The molecule has 0 radical (unpaired) electrons. The van der Waals surface area contributed by atoms with Crippen molar-refractivity contribution in [3.8, 4) is 11.3 Å². The molecule has 0 amide bonds. The van der Waals surface area contributed by atoms with Crippen LogP contribution in [0, 0.1) is 37.0 Å². The summed E-state index contributed by atoms with van der Waals surface area (Å²) < 4.78 is 5.41. The highest BCUT2D eigenvalue weighted by atomic mass is 35.5. The van der Waals surface area contributed by atoms with Crippen LogP contribution in [0.15, 0.2) is 12.1 Å². The van der Waals surface area contributed by atoms with Gasteiger partial charge in [0.15, 0.2) is 0 Å². The number of halogens is 1. The van der Waals surface area contributed by atoms with Crippen LogP contribution in [0.25, 0.3) is 0 Å². The molecule has 1 aliphatic carbocycles. The lowest BCUT2D eigenvalue weighted by molar-refractivity contribution is -0.134. The van der Waals surface area contributed by atoms with Gasteiger partial charge in [0.25, 0.3) is 0 Å². The molecule has 0 spiro atoms. The Hall–Kier alpha value is -1.63. The van der Waals surface area contributed by atoms with Crippen molar-refractivity contribution in [2.24, 2.45) is 11.8 Å². The molecule has 4 heteroatoms. The second-order valence-electron chi connectivity index (χ2n) is 7.67. The van der Waals surface area contributed by atoms with Crippen molar-refractivity contribution in [3.63, 3.8) is 0 Å². The molecule has 3 nitrogen and oxygen atoms in total. The Balaban J connectivity index is 1.77. The van der Waals surface area contributed by atoms with Crippen molar-refractivity contribution >= 4 is 23.2 Å².